The van der Waals surface area contributed by atoms with Crippen molar-refractivity contribution < 1.29 is 14.2 Å². The molecule has 120 valence electrons. The van der Waals surface area contributed by atoms with Gasteiger partial charge in [-0.05, 0) is 37.9 Å². The molecule has 1 aromatic rings. The van der Waals surface area contributed by atoms with E-state index < -0.39 is 0 Å². The number of para-hydroxylation sites is 2. The van der Waals surface area contributed by atoms with Gasteiger partial charge in [0.15, 0.2) is 11.5 Å². The first-order valence-corrected chi connectivity index (χ1v) is 7.87. The molecular weight excluding hydrogens is 266 g/mol. The summed E-state index contributed by atoms with van der Waals surface area (Å²) >= 11 is 0. The van der Waals surface area contributed by atoms with Crippen molar-refractivity contribution in [2.75, 3.05) is 39.5 Å². The first kappa shape index (κ1) is 17.8. The third kappa shape index (κ3) is 8.58. The molecule has 0 unspecified atom stereocenters. The fraction of sp³-hybridized carbons (Fsp3) is 0.647. The lowest BCUT2D eigenvalue weighted by Crippen LogP contribution is -2.23. The van der Waals surface area contributed by atoms with E-state index in [0.29, 0.717) is 19.1 Å². The van der Waals surface area contributed by atoms with Gasteiger partial charge in [0.25, 0.3) is 0 Å². The zero-order chi connectivity index (χ0) is 15.3. The molecule has 0 spiro atoms. The van der Waals surface area contributed by atoms with Crippen LogP contribution in [0.15, 0.2) is 24.3 Å². The van der Waals surface area contributed by atoms with E-state index in [0.717, 1.165) is 44.2 Å². The van der Waals surface area contributed by atoms with Crippen LogP contribution in [0.2, 0.25) is 0 Å². The van der Waals surface area contributed by atoms with Gasteiger partial charge in [-0.3, -0.25) is 0 Å². The van der Waals surface area contributed by atoms with Crippen LogP contribution in [0.5, 0.6) is 11.5 Å². The molecule has 0 aromatic heterocycles. The number of hydrogen-bond acceptors (Lipinski definition) is 4. The van der Waals surface area contributed by atoms with Crippen LogP contribution in [0.1, 0.15) is 27.2 Å². The van der Waals surface area contributed by atoms with E-state index in [2.05, 4.69) is 19.2 Å². The number of ether oxygens (including phenoxy) is 3. The zero-order valence-electron chi connectivity index (χ0n) is 13.6. The monoisotopic (exact) mass is 295 g/mol. The summed E-state index contributed by atoms with van der Waals surface area (Å²) in [4.78, 5) is 0. The summed E-state index contributed by atoms with van der Waals surface area (Å²) in [6.07, 6.45) is 1.03. The van der Waals surface area contributed by atoms with E-state index in [1.165, 1.54) is 0 Å². The number of nitrogens with one attached hydrogen (secondary N) is 1. The molecule has 0 amide bonds. The summed E-state index contributed by atoms with van der Waals surface area (Å²) in [7, 11) is 0. The van der Waals surface area contributed by atoms with Gasteiger partial charge >= 0.3 is 0 Å². The first-order chi connectivity index (χ1) is 10.2. The van der Waals surface area contributed by atoms with Gasteiger partial charge in [0.2, 0.25) is 0 Å². The molecule has 4 heteroatoms. The molecule has 0 aliphatic carbocycles. The van der Waals surface area contributed by atoms with Crippen molar-refractivity contribution in [1.82, 2.24) is 5.32 Å². The Morgan fingerprint density at radius 2 is 1.71 bits per heavy atom. The summed E-state index contributed by atoms with van der Waals surface area (Å²) in [5, 5.41) is 3.35. The van der Waals surface area contributed by atoms with Gasteiger partial charge in [-0.1, -0.05) is 26.0 Å². The Bertz CT molecular complexity index is 369. The average Bonchev–Trinajstić information content (AvgIpc) is 2.47. The minimum absolute atomic E-state index is 0.608. The molecule has 1 rings (SSSR count). The highest BCUT2D eigenvalue weighted by molar-refractivity contribution is 5.39. The molecular formula is C17H29NO3. The van der Waals surface area contributed by atoms with Crippen LogP contribution in [0.4, 0.5) is 0 Å². The maximum Gasteiger partial charge on any atom is 0.161 e. The molecule has 1 aromatic carbocycles. The predicted octanol–water partition coefficient (Wildman–Crippen LogP) is 3.12. The molecule has 0 saturated heterocycles. The van der Waals surface area contributed by atoms with E-state index in [-0.39, 0.29) is 0 Å². The van der Waals surface area contributed by atoms with E-state index in [1.807, 2.05) is 31.2 Å². The molecule has 0 saturated carbocycles. The number of benzene rings is 1. The Morgan fingerprint density at radius 1 is 1.00 bits per heavy atom. The molecule has 0 aliphatic rings. The molecule has 0 atom stereocenters. The smallest absolute Gasteiger partial charge is 0.161 e. The van der Waals surface area contributed by atoms with Crippen molar-refractivity contribution in [2.24, 2.45) is 5.92 Å². The Morgan fingerprint density at radius 3 is 2.38 bits per heavy atom. The lowest BCUT2D eigenvalue weighted by Gasteiger charge is -2.12. The van der Waals surface area contributed by atoms with Crippen LogP contribution < -0.4 is 14.8 Å². The maximum absolute atomic E-state index is 5.73. The van der Waals surface area contributed by atoms with Crippen LogP contribution in [0.3, 0.4) is 0 Å². The second kappa shape index (κ2) is 11.4. The second-order valence-corrected chi connectivity index (χ2v) is 5.30. The maximum atomic E-state index is 5.73. The standard InChI is InChI=1S/C17H29NO3/c1-4-20-16-8-5-6-9-17(16)21-13-11-18-10-7-12-19-14-15(2)3/h5-6,8-9,15,18H,4,7,10-14H2,1-3H3. The van der Waals surface area contributed by atoms with Crippen molar-refractivity contribution in [3.8, 4) is 11.5 Å². The molecule has 21 heavy (non-hydrogen) atoms. The minimum Gasteiger partial charge on any atom is -0.490 e. The third-order valence-corrected chi connectivity index (χ3v) is 2.78. The molecule has 1 N–H and O–H groups in total. The molecule has 0 bridgehead atoms. The third-order valence-electron chi connectivity index (χ3n) is 2.78. The fourth-order valence-electron chi connectivity index (χ4n) is 1.82. The SMILES string of the molecule is CCOc1ccccc1OCCNCCCOCC(C)C. The summed E-state index contributed by atoms with van der Waals surface area (Å²) in [5.41, 5.74) is 0. The van der Waals surface area contributed by atoms with E-state index in [9.17, 15) is 0 Å². The fourth-order valence-corrected chi connectivity index (χ4v) is 1.82. The van der Waals surface area contributed by atoms with Gasteiger partial charge < -0.3 is 19.5 Å². The summed E-state index contributed by atoms with van der Waals surface area (Å²) in [6, 6.07) is 7.77. The van der Waals surface area contributed by atoms with E-state index in [1.54, 1.807) is 0 Å². The summed E-state index contributed by atoms with van der Waals surface area (Å²) < 4.78 is 16.8. The van der Waals surface area contributed by atoms with Gasteiger partial charge in [0, 0.05) is 19.8 Å². The van der Waals surface area contributed by atoms with Crippen molar-refractivity contribution in [3.63, 3.8) is 0 Å². The van der Waals surface area contributed by atoms with Crippen LogP contribution in [-0.4, -0.2) is 39.5 Å². The van der Waals surface area contributed by atoms with Crippen molar-refractivity contribution in [1.29, 1.82) is 0 Å². The van der Waals surface area contributed by atoms with Crippen LogP contribution in [0.25, 0.3) is 0 Å². The predicted molar refractivity (Wildman–Crippen MR) is 86.2 cm³/mol. The van der Waals surface area contributed by atoms with Crippen molar-refractivity contribution in [3.05, 3.63) is 24.3 Å². The highest BCUT2D eigenvalue weighted by atomic mass is 16.5. The summed E-state index contributed by atoms with van der Waals surface area (Å²) in [5.74, 6) is 2.22. The minimum atomic E-state index is 0.608. The van der Waals surface area contributed by atoms with Crippen LogP contribution in [-0.2, 0) is 4.74 Å². The topological polar surface area (TPSA) is 39.7 Å². The molecule has 0 heterocycles. The molecule has 0 radical (unpaired) electrons. The van der Waals surface area contributed by atoms with Gasteiger partial charge in [-0.2, -0.15) is 0 Å². The van der Waals surface area contributed by atoms with E-state index in [4.69, 9.17) is 14.2 Å². The Balaban J connectivity index is 2.04. The van der Waals surface area contributed by atoms with E-state index >= 15 is 0 Å². The van der Waals surface area contributed by atoms with Gasteiger partial charge in [-0.25, -0.2) is 0 Å². The lowest BCUT2D eigenvalue weighted by atomic mass is 10.2. The lowest BCUT2D eigenvalue weighted by molar-refractivity contribution is 0.107. The van der Waals surface area contributed by atoms with Gasteiger partial charge in [-0.15, -0.1) is 0 Å². The quantitative estimate of drug-likeness (QED) is 0.601. The summed E-state index contributed by atoms with van der Waals surface area (Å²) in [6.45, 7) is 11.0. The van der Waals surface area contributed by atoms with Crippen LogP contribution >= 0.6 is 0 Å². The molecule has 0 aliphatic heterocycles. The van der Waals surface area contributed by atoms with Gasteiger partial charge in [0.05, 0.1) is 6.61 Å². The molecule has 4 nitrogen and oxygen atoms in total. The second-order valence-electron chi connectivity index (χ2n) is 5.30. The highest BCUT2D eigenvalue weighted by Crippen LogP contribution is 2.25. The first-order valence-electron chi connectivity index (χ1n) is 7.87. The Hall–Kier alpha value is -1.26. The number of rotatable bonds is 12. The van der Waals surface area contributed by atoms with Crippen molar-refractivity contribution >= 4 is 0 Å². The molecule has 0 fully saturated rings. The Kier molecular flexibility index (Phi) is 9.66. The van der Waals surface area contributed by atoms with Gasteiger partial charge in [0.1, 0.15) is 6.61 Å². The average molecular weight is 295 g/mol. The largest absolute Gasteiger partial charge is 0.490 e. The highest BCUT2D eigenvalue weighted by Gasteiger charge is 2.02. The Labute approximate surface area is 128 Å². The van der Waals surface area contributed by atoms with Crippen LogP contribution in [0, 0.1) is 5.92 Å². The number of hydrogen-bond donors (Lipinski definition) is 1. The zero-order valence-corrected chi connectivity index (χ0v) is 13.6. The van der Waals surface area contributed by atoms with Crippen molar-refractivity contribution in [2.45, 2.75) is 27.2 Å². The normalized spacial score (nSPS) is 10.9.